The molecule has 0 amide bonds. The van der Waals surface area contributed by atoms with Gasteiger partial charge in [-0.05, 0) is 35.4 Å². The minimum absolute atomic E-state index is 0.710. The van der Waals surface area contributed by atoms with Gasteiger partial charge in [-0.3, -0.25) is 4.68 Å². The molecule has 3 rings (SSSR count). The molecule has 124 valence electrons. The molecule has 0 bridgehead atoms. The molecule has 0 radical (unpaired) electrons. The number of ether oxygens (including phenoxy) is 2. The van der Waals surface area contributed by atoms with Crippen molar-refractivity contribution in [3.8, 4) is 11.5 Å². The number of methoxy groups -OCH3 is 2. The fourth-order valence-corrected chi connectivity index (χ4v) is 2.49. The Hall–Kier alpha value is -2.95. The van der Waals surface area contributed by atoms with Crippen molar-refractivity contribution >= 4 is 5.69 Å². The van der Waals surface area contributed by atoms with E-state index >= 15 is 0 Å². The van der Waals surface area contributed by atoms with E-state index in [2.05, 4.69) is 28.6 Å². The number of hydrogen-bond acceptors (Lipinski definition) is 4. The maximum Gasteiger partial charge on any atom is 0.120 e. The Bertz CT molecular complexity index is 768. The van der Waals surface area contributed by atoms with Gasteiger partial charge in [-0.25, -0.2) is 0 Å². The van der Waals surface area contributed by atoms with E-state index in [1.165, 1.54) is 5.56 Å². The smallest absolute Gasteiger partial charge is 0.120 e. The second kappa shape index (κ2) is 7.55. The summed E-state index contributed by atoms with van der Waals surface area (Å²) in [6.07, 6.45) is 3.74. The topological polar surface area (TPSA) is 48.3 Å². The van der Waals surface area contributed by atoms with Crippen molar-refractivity contribution < 1.29 is 9.47 Å². The zero-order chi connectivity index (χ0) is 16.8. The van der Waals surface area contributed by atoms with E-state index in [-0.39, 0.29) is 0 Å². The molecule has 0 fully saturated rings. The summed E-state index contributed by atoms with van der Waals surface area (Å²) in [5.74, 6) is 1.69. The fourth-order valence-electron chi connectivity index (χ4n) is 2.49. The standard InChI is InChI=1S/C19H21N3O2/c1-23-17-7-4-15(5-8-17)13-20-19-12-18(24-2)9-6-16(19)14-22-11-3-10-21-22/h3-12,20H,13-14H2,1-2H3. The number of nitrogens with zero attached hydrogens (tertiary/aromatic N) is 2. The minimum atomic E-state index is 0.710. The first-order valence-electron chi connectivity index (χ1n) is 7.79. The Morgan fingerprint density at radius 1 is 1.00 bits per heavy atom. The molecule has 0 spiro atoms. The minimum Gasteiger partial charge on any atom is -0.497 e. The first-order chi connectivity index (χ1) is 11.8. The van der Waals surface area contributed by atoms with Crippen LogP contribution in [0.2, 0.25) is 0 Å². The third-order valence-electron chi connectivity index (χ3n) is 3.85. The van der Waals surface area contributed by atoms with Gasteiger partial charge < -0.3 is 14.8 Å². The summed E-state index contributed by atoms with van der Waals surface area (Å²) >= 11 is 0. The SMILES string of the molecule is COc1ccc(CNc2cc(OC)ccc2Cn2cccn2)cc1. The number of anilines is 1. The molecule has 0 saturated heterocycles. The Labute approximate surface area is 141 Å². The van der Waals surface area contributed by atoms with Crippen molar-refractivity contribution in [2.75, 3.05) is 19.5 Å². The van der Waals surface area contributed by atoms with E-state index in [4.69, 9.17) is 9.47 Å². The zero-order valence-corrected chi connectivity index (χ0v) is 13.9. The molecule has 1 heterocycles. The van der Waals surface area contributed by atoms with E-state index in [9.17, 15) is 0 Å². The molecule has 1 aromatic heterocycles. The molecule has 0 aliphatic carbocycles. The molecule has 5 heteroatoms. The van der Waals surface area contributed by atoms with Crippen LogP contribution in [-0.4, -0.2) is 24.0 Å². The van der Waals surface area contributed by atoms with Crippen LogP contribution in [0.25, 0.3) is 0 Å². The summed E-state index contributed by atoms with van der Waals surface area (Å²) in [7, 11) is 3.35. The monoisotopic (exact) mass is 323 g/mol. The van der Waals surface area contributed by atoms with Gasteiger partial charge in [0.2, 0.25) is 0 Å². The molecule has 5 nitrogen and oxygen atoms in total. The molecular formula is C19H21N3O2. The maximum atomic E-state index is 5.35. The van der Waals surface area contributed by atoms with Gasteiger partial charge in [0.15, 0.2) is 0 Å². The van der Waals surface area contributed by atoms with Crippen LogP contribution < -0.4 is 14.8 Å². The first-order valence-corrected chi connectivity index (χ1v) is 7.79. The van der Waals surface area contributed by atoms with Gasteiger partial charge in [-0.15, -0.1) is 0 Å². The lowest BCUT2D eigenvalue weighted by molar-refractivity contribution is 0.414. The van der Waals surface area contributed by atoms with Gasteiger partial charge in [-0.2, -0.15) is 5.10 Å². The number of nitrogens with one attached hydrogen (secondary N) is 1. The van der Waals surface area contributed by atoms with E-state index in [0.29, 0.717) is 6.54 Å². The summed E-state index contributed by atoms with van der Waals surface area (Å²) < 4.78 is 12.4. The molecule has 2 aromatic carbocycles. The van der Waals surface area contributed by atoms with Gasteiger partial charge in [0.1, 0.15) is 11.5 Å². The van der Waals surface area contributed by atoms with Gasteiger partial charge >= 0.3 is 0 Å². The van der Waals surface area contributed by atoms with E-state index < -0.39 is 0 Å². The van der Waals surface area contributed by atoms with Crippen molar-refractivity contribution in [1.29, 1.82) is 0 Å². The highest BCUT2D eigenvalue weighted by molar-refractivity contribution is 5.55. The molecule has 0 saturated carbocycles. The summed E-state index contributed by atoms with van der Waals surface area (Å²) in [5.41, 5.74) is 3.39. The van der Waals surface area contributed by atoms with Gasteiger partial charge in [0.05, 0.1) is 20.8 Å². The molecule has 24 heavy (non-hydrogen) atoms. The lowest BCUT2D eigenvalue weighted by Gasteiger charge is -2.14. The van der Waals surface area contributed by atoms with Crippen LogP contribution in [0.15, 0.2) is 60.9 Å². The summed E-state index contributed by atoms with van der Waals surface area (Å²) in [4.78, 5) is 0. The highest BCUT2D eigenvalue weighted by Gasteiger charge is 2.06. The van der Waals surface area contributed by atoms with Crippen molar-refractivity contribution in [2.24, 2.45) is 0 Å². The largest absolute Gasteiger partial charge is 0.497 e. The number of rotatable bonds is 7. The fraction of sp³-hybridized carbons (Fsp3) is 0.211. The van der Waals surface area contributed by atoms with E-state index in [0.717, 1.165) is 29.3 Å². The Morgan fingerprint density at radius 2 is 1.75 bits per heavy atom. The zero-order valence-electron chi connectivity index (χ0n) is 13.9. The molecule has 1 N–H and O–H groups in total. The van der Waals surface area contributed by atoms with Gasteiger partial charge in [-0.1, -0.05) is 18.2 Å². The predicted octanol–water partition coefficient (Wildman–Crippen LogP) is 3.56. The molecule has 0 aliphatic heterocycles. The van der Waals surface area contributed by atoms with Crippen LogP contribution in [0.1, 0.15) is 11.1 Å². The highest BCUT2D eigenvalue weighted by Crippen LogP contribution is 2.24. The summed E-state index contributed by atoms with van der Waals surface area (Å²) in [6.45, 7) is 1.44. The highest BCUT2D eigenvalue weighted by atomic mass is 16.5. The molecule has 0 aliphatic rings. The van der Waals surface area contributed by atoms with Crippen LogP contribution in [0.3, 0.4) is 0 Å². The van der Waals surface area contributed by atoms with Crippen molar-refractivity contribution in [3.63, 3.8) is 0 Å². The average Bonchev–Trinajstić information content (AvgIpc) is 3.14. The van der Waals surface area contributed by atoms with Crippen molar-refractivity contribution in [3.05, 3.63) is 72.1 Å². The second-order valence-electron chi connectivity index (χ2n) is 5.43. The van der Waals surface area contributed by atoms with Crippen LogP contribution >= 0.6 is 0 Å². The Kier molecular flexibility index (Phi) is 5.01. The Balaban J connectivity index is 1.76. The van der Waals surface area contributed by atoms with Gasteiger partial charge in [0.25, 0.3) is 0 Å². The summed E-state index contributed by atoms with van der Waals surface area (Å²) in [6, 6.07) is 16.0. The Morgan fingerprint density at radius 3 is 2.42 bits per heavy atom. The van der Waals surface area contributed by atoms with Gasteiger partial charge in [0, 0.05) is 30.7 Å². The molecule has 3 aromatic rings. The quantitative estimate of drug-likeness (QED) is 0.722. The molecule has 0 unspecified atom stereocenters. The van der Waals surface area contributed by atoms with E-state index in [1.807, 2.05) is 41.2 Å². The second-order valence-corrected chi connectivity index (χ2v) is 5.43. The summed E-state index contributed by atoms with van der Waals surface area (Å²) in [5, 5.41) is 7.77. The van der Waals surface area contributed by atoms with Crippen molar-refractivity contribution in [2.45, 2.75) is 13.1 Å². The number of hydrogen-bond donors (Lipinski definition) is 1. The number of aromatic nitrogens is 2. The van der Waals surface area contributed by atoms with Crippen LogP contribution in [-0.2, 0) is 13.1 Å². The average molecular weight is 323 g/mol. The lowest BCUT2D eigenvalue weighted by atomic mass is 10.1. The van der Waals surface area contributed by atoms with Crippen molar-refractivity contribution in [1.82, 2.24) is 9.78 Å². The van der Waals surface area contributed by atoms with Crippen LogP contribution in [0.4, 0.5) is 5.69 Å². The van der Waals surface area contributed by atoms with E-state index in [1.54, 1.807) is 20.4 Å². The molecule has 0 atom stereocenters. The maximum absolute atomic E-state index is 5.35. The normalized spacial score (nSPS) is 10.4. The molecular weight excluding hydrogens is 302 g/mol. The van der Waals surface area contributed by atoms with Crippen LogP contribution in [0.5, 0.6) is 11.5 Å². The predicted molar refractivity (Wildman–Crippen MR) is 94.6 cm³/mol. The number of benzene rings is 2. The third-order valence-corrected chi connectivity index (χ3v) is 3.85. The van der Waals surface area contributed by atoms with Crippen LogP contribution in [0, 0.1) is 0 Å². The first kappa shape index (κ1) is 15.9. The third kappa shape index (κ3) is 3.87. The lowest BCUT2D eigenvalue weighted by Crippen LogP contribution is -2.07.